The van der Waals surface area contributed by atoms with E-state index in [2.05, 4.69) is 10.2 Å². The van der Waals surface area contributed by atoms with Gasteiger partial charge in [0.15, 0.2) is 0 Å². The summed E-state index contributed by atoms with van der Waals surface area (Å²) in [6.07, 6.45) is -0.262. The van der Waals surface area contributed by atoms with Crippen LogP contribution in [0.2, 0.25) is 0 Å². The van der Waals surface area contributed by atoms with Crippen molar-refractivity contribution in [1.82, 2.24) is 15.1 Å². The van der Waals surface area contributed by atoms with Crippen LogP contribution in [0.5, 0.6) is 5.75 Å². The Morgan fingerprint density at radius 1 is 1.12 bits per heavy atom. The first-order valence-corrected chi connectivity index (χ1v) is 8.91. The van der Waals surface area contributed by atoms with E-state index in [4.69, 9.17) is 9.47 Å². The first-order chi connectivity index (χ1) is 12.3. The molecule has 26 heavy (non-hydrogen) atoms. The molecule has 7 heteroatoms. The number of ether oxygens (including phenoxy) is 2. The monoisotopic (exact) mass is 363 g/mol. The lowest BCUT2D eigenvalue weighted by molar-refractivity contribution is 0.0147. The topological polar surface area (TPSA) is 71.1 Å². The molecule has 0 spiro atoms. The quantitative estimate of drug-likeness (QED) is 0.866. The Morgan fingerprint density at radius 2 is 1.77 bits per heavy atom. The van der Waals surface area contributed by atoms with Gasteiger partial charge in [0.2, 0.25) is 0 Å². The van der Waals surface area contributed by atoms with E-state index >= 15 is 0 Å². The maximum absolute atomic E-state index is 12.3. The maximum atomic E-state index is 12.3. The van der Waals surface area contributed by atoms with Crippen molar-refractivity contribution in [3.63, 3.8) is 0 Å². The first-order valence-electron chi connectivity index (χ1n) is 8.91. The van der Waals surface area contributed by atoms with Gasteiger partial charge in [-0.2, -0.15) is 0 Å². The minimum atomic E-state index is -0.475. The minimum absolute atomic E-state index is 0.144. The second-order valence-electron chi connectivity index (χ2n) is 7.27. The van der Waals surface area contributed by atoms with Crippen molar-refractivity contribution in [3.8, 4) is 5.75 Å². The molecule has 1 aromatic rings. The average Bonchev–Trinajstić information content (AvgIpc) is 2.60. The van der Waals surface area contributed by atoms with Crippen LogP contribution >= 0.6 is 0 Å². The number of rotatable bonds is 5. The molecule has 1 aliphatic rings. The standard InChI is InChI=1S/C19H29N3O4/c1-19(2,3)26-18(24)22-13-11-21(12-14-22)10-9-20-17(23)15-7-5-6-8-16(15)25-4/h5-8H,9-14H2,1-4H3,(H,20,23). The number of nitrogens with one attached hydrogen (secondary N) is 1. The molecule has 144 valence electrons. The summed E-state index contributed by atoms with van der Waals surface area (Å²) >= 11 is 0. The molecule has 1 saturated heterocycles. The number of hydrogen-bond acceptors (Lipinski definition) is 5. The van der Waals surface area contributed by atoms with Crippen LogP contribution in [-0.2, 0) is 4.74 Å². The summed E-state index contributed by atoms with van der Waals surface area (Å²) in [6, 6.07) is 7.16. The molecule has 0 radical (unpaired) electrons. The summed E-state index contributed by atoms with van der Waals surface area (Å²) in [5, 5.41) is 2.92. The number of hydrogen-bond donors (Lipinski definition) is 1. The minimum Gasteiger partial charge on any atom is -0.496 e. The predicted octanol–water partition coefficient (Wildman–Crippen LogP) is 1.98. The number of carbonyl (C=O) groups is 2. The Morgan fingerprint density at radius 3 is 2.38 bits per heavy atom. The van der Waals surface area contributed by atoms with E-state index in [1.54, 1.807) is 24.1 Å². The fourth-order valence-corrected chi connectivity index (χ4v) is 2.74. The molecule has 1 aliphatic heterocycles. The normalized spacial score (nSPS) is 15.5. The maximum Gasteiger partial charge on any atom is 0.410 e. The van der Waals surface area contributed by atoms with Crippen LogP contribution in [0.15, 0.2) is 24.3 Å². The van der Waals surface area contributed by atoms with E-state index in [-0.39, 0.29) is 12.0 Å². The largest absolute Gasteiger partial charge is 0.496 e. The molecule has 1 fully saturated rings. The Labute approximate surface area is 155 Å². The van der Waals surface area contributed by atoms with Gasteiger partial charge in [-0.1, -0.05) is 12.1 Å². The van der Waals surface area contributed by atoms with Crippen LogP contribution in [0.1, 0.15) is 31.1 Å². The number of amides is 2. The van der Waals surface area contributed by atoms with Crippen LogP contribution in [0, 0.1) is 0 Å². The van der Waals surface area contributed by atoms with Gasteiger partial charge < -0.3 is 19.7 Å². The summed E-state index contributed by atoms with van der Waals surface area (Å²) in [4.78, 5) is 28.3. The fraction of sp³-hybridized carbons (Fsp3) is 0.579. The molecule has 7 nitrogen and oxygen atoms in total. The van der Waals surface area contributed by atoms with E-state index in [0.717, 1.165) is 19.6 Å². The van der Waals surface area contributed by atoms with E-state index in [0.29, 0.717) is 30.9 Å². The lowest BCUT2D eigenvalue weighted by atomic mass is 10.2. The van der Waals surface area contributed by atoms with Gasteiger partial charge in [-0.3, -0.25) is 9.69 Å². The van der Waals surface area contributed by atoms with Crippen molar-refractivity contribution in [2.75, 3.05) is 46.4 Å². The number of methoxy groups -OCH3 is 1. The summed E-state index contributed by atoms with van der Waals surface area (Å²) in [5.41, 5.74) is 0.0570. The molecule has 1 heterocycles. The molecule has 1 N–H and O–H groups in total. The van der Waals surface area contributed by atoms with Crippen LogP contribution in [0.4, 0.5) is 4.79 Å². The van der Waals surface area contributed by atoms with Gasteiger partial charge in [-0.25, -0.2) is 4.79 Å². The molecule has 1 aromatic carbocycles. The molecular formula is C19H29N3O4. The Bertz CT molecular complexity index is 619. The van der Waals surface area contributed by atoms with Crippen LogP contribution in [-0.4, -0.2) is 73.8 Å². The van der Waals surface area contributed by atoms with Gasteiger partial charge in [-0.15, -0.1) is 0 Å². The molecule has 0 saturated carbocycles. The Hall–Kier alpha value is -2.28. The molecule has 0 bridgehead atoms. The molecule has 0 aliphatic carbocycles. The van der Waals surface area contributed by atoms with Crippen molar-refractivity contribution in [1.29, 1.82) is 0 Å². The number of benzene rings is 1. The zero-order valence-corrected chi connectivity index (χ0v) is 16.1. The smallest absolute Gasteiger partial charge is 0.410 e. The SMILES string of the molecule is COc1ccccc1C(=O)NCCN1CCN(C(=O)OC(C)(C)C)CC1. The van der Waals surface area contributed by atoms with Crippen LogP contribution < -0.4 is 10.1 Å². The number of nitrogens with zero attached hydrogens (tertiary/aromatic N) is 2. The van der Waals surface area contributed by atoms with Crippen LogP contribution in [0.25, 0.3) is 0 Å². The fourth-order valence-electron chi connectivity index (χ4n) is 2.74. The van der Waals surface area contributed by atoms with Gasteiger partial charge in [0.05, 0.1) is 12.7 Å². The third kappa shape index (κ3) is 5.91. The lowest BCUT2D eigenvalue weighted by Gasteiger charge is -2.35. The summed E-state index contributed by atoms with van der Waals surface area (Å²) in [5.74, 6) is 0.422. The van der Waals surface area contributed by atoms with Crippen molar-refractivity contribution in [2.24, 2.45) is 0 Å². The zero-order chi connectivity index (χ0) is 19.2. The van der Waals surface area contributed by atoms with Crippen molar-refractivity contribution in [2.45, 2.75) is 26.4 Å². The van der Waals surface area contributed by atoms with Crippen LogP contribution in [0.3, 0.4) is 0 Å². The molecule has 2 rings (SSSR count). The average molecular weight is 363 g/mol. The molecule has 2 amide bonds. The summed E-state index contributed by atoms with van der Waals surface area (Å²) < 4.78 is 10.6. The van der Waals surface area contributed by atoms with Gasteiger partial charge >= 0.3 is 6.09 Å². The lowest BCUT2D eigenvalue weighted by Crippen LogP contribution is -2.51. The van der Waals surface area contributed by atoms with Gasteiger partial charge in [0.1, 0.15) is 11.4 Å². The second kappa shape index (κ2) is 8.89. The second-order valence-corrected chi connectivity index (χ2v) is 7.27. The molecule has 0 aromatic heterocycles. The zero-order valence-electron chi connectivity index (χ0n) is 16.1. The van der Waals surface area contributed by atoms with Crippen molar-refractivity contribution < 1.29 is 19.1 Å². The van der Waals surface area contributed by atoms with E-state index in [1.165, 1.54) is 0 Å². The number of piperazine rings is 1. The molecule has 0 atom stereocenters. The highest BCUT2D eigenvalue weighted by atomic mass is 16.6. The highest BCUT2D eigenvalue weighted by Gasteiger charge is 2.25. The summed E-state index contributed by atoms with van der Waals surface area (Å²) in [6.45, 7) is 9.69. The van der Waals surface area contributed by atoms with Gasteiger partial charge in [0, 0.05) is 39.3 Å². The Kier molecular flexibility index (Phi) is 6.85. The molecule has 0 unspecified atom stereocenters. The molecular weight excluding hydrogens is 334 g/mol. The first kappa shape index (κ1) is 20.0. The van der Waals surface area contributed by atoms with E-state index in [9.17, 15) is 9.59 Å². The van der Waals surface area contributed by atoms with Crippen molar-refractivity contribution >= 4 is 12.0 Å². The highest BCUT2D eigenvalue weighted by Crippen LogP contribution is 2.16. The third-order valence-corrected chi connectivity index (χ3v) is 4.09. The van der Waals surface area contributed by atoms with Gasteiger partial charge in [0.25, 0.3) is 5.91 Å². The summed E-state index contributed by atoms with van der Waals surface area (Å²) in [7, 11) is 1.55. The predicted molar refractivity (Wildman–Crippen MR) is 99.6 cm³/mol. The van der Waals surface area contributed by atoms with E-state index < -0.39 is 5.60 Å². The van der Waals surface area contributed by atoms with E-state index in [1.807, 2.05) is 32.9 Å². The third-order valence-electron chi connectivity index (χ3n) is 4.09. The van der Waals surface area contributed by atoms with Crippen molar-refractivity contribution in [3.05, 3.63) is 29.8 Å². The highest BCUT2D eigenvalue weighted by molar-refractivity contribution is 5.96. The number of para-hydroxylation sites is 1. The number of carbonyl (C=O) groups excluding carboxylic acids is 2. The van der Waals surface area contributed by atoms with Gasteiger partial charge in [-0.05, 0) is 32.9 Å². The Balaban J connectivity index is 1.72.